The summed E-state index contributed by atoms with van der Waals surface area (Å²) in [4.78, 5) is 35.9. The Morgan fingerprint density at radius 1 is 1.56 bits per heavy atom. The lowest BCUT2D eigenvalue weighted by Crippen LogP contribution is -2.35. The average Bonchev–Trinajstić information content (AvgIpc) is 2.62. The Labute approximate surface area is 111 Å². The number of imide groups is 1. The minimum atomic E-state index is -0.340. The van der Waals surface area contributed by atoms with Crippen LogP contribution in [0.5, 0.6) is 0 Å². The molecule has 1 unspecified atom stereocenters. The molecule has 0 aromatic carbocycles. The molecule has 1 saturated heterocycles. The van der Waals surface area contributed by atoms with E-state index in [-0.39, 0.29) is 35.8 Å². The number of hydrogen-bond donors (Lipinski definition) is 1. The molecule has 1 atom stereocenters. The fraction of sp³-hybridized carbons (Fsp3) is 0.667. The molecule has 5 nitrogen and oxygen atoms in total. The number of ketones is 1. The van der Waals surface area contributed by atoms with Crippen LogP contribution in [0.3, 0.4) is 0 Å². The van der Waals surface area contributed by atoms with Gasteiger partial charge < -0.3 is 5.41 Å². The quantitative estimate of drug-likeness (QED) is 0.409. The first-order chi connectivity index (χ1) is 8.60. The van der Waals surface area contributed by atoms with Crippen molar-refractivity contribution in [1.29, 1.82) is 5.41 Å². The highest BCUT2D eigenvalue weighted by Gasteiger charge is 2.39. The highest BCUT2D eigenvalue weighted by Crippen LogP contribution is 2.25. The molecule has 0 aromatic heterocycles. The zero-order valence-corrected chi connectivity index (χ0v) is 11.3. The van der Waals surface area contributed by atoms with Crippen LogP contribution in [-0.4, -0.2) is 46.3 Å². The molecule has 0 aromatic rings. The number of likely N-dealkylation sites (tertiary alicyclic amines) is 1. The summed E-state index contributed by atoms with van der Waals surface area (Å²) in [5, 5.41) is 6.55. The first-order valence-electron chi connectivity index (χ1n) is 6.06. The van der Waals surface area contributed by atoms with Crippen molar-refractivity contribution in [2.24, 2.45) is 0 Å². The molecule has 1 rings (SSSR count). The van der Waals surface area contributed by atoms with Gasteiger partial charge >= 0.3 is 0 Å². The molecule has 18 heavy (non-hydrogen) atoms. The normalized spacial score (nSPS) is 19.4. The number of nitrogens with one attached hydrogen (secondary N) is 1. The molecule has 1 N–H and O–H groups in total. The van der Waals surface area contributed by atoms with E-state index in [2.05, 4.69) is 0 Å². The lowest BCUT2D eigenvalue weighted by atomic mass is 10.3. The fourth-order valence-corrected chi connectivity index (χ4v) is 2.80. The van der Waals surface area contributed by atoms with Gasteiger partial charge in [-0.1, -0.05) is 6.92 Å². The van der Waals surface area contributed by atoms with Crippen LogP contribution >= 0.6 is 11.8 Å². The maximum atomic E-state index is 11.9. The molecular formula is C12H18N2O3S. The third-order valence-corrected chi connectivity index (χ3v) is 4.04. The summed E-state index contributed by atoms with van der Waals surface area (Å²) in [6.45, 7) is 1.64. The summed E-state index contributed by atoms with van der Waals surface area (Å²) in [7, 11) is 0. The molecule has 0 radical (unpaired) electrons. The lowest BCUT2D eigenvalue weighted by Gasteiger charge is -2.13. The fourth-order valence-electron chi connectivity index (χ4n) is 1.65. The Morgan fingerprint density at radius 2 is 2.28 bits per heavy atom. The van der Waals surface area contributed by atoms with Crippen molar-refractivity contribution in [3.63, 3.8) is 0 Å². The van der Waals surface area contributed by atoms with Crippen LogP contribution in [-0.2, 0) is 14.4 Å². The lowest BCUT2D eigenvalue weighted by molar-refractivity contribution is -0.141. The monoisotopic (exact) mass is 270 g/mol. The summed E-state index contributed by atoms with van der Waals surface area (Å²) in [5.41, 5.74) is 0. The molecular weight excluding hydrogens is 252 g/mol. The van der Waals surface area contributed by atoms with E-state index in [9.17, 15) is 14.4 Å². The minimum Gasteiger partial charge on any atom is -0.313 e. The molecule has 0 bridgehead atoms. The van der Waals surface area contributed by atoms with Crippen LogP contribution in [0.15, 0.2) is 0 Å². The van der Waals surface area contributed by atoms with Crippen molar-refractivity contribution in [3.05, 3.63) is 0 Å². The smallest absolute Gasteiger partial charge is 0.243 e. The summed E-state index contributed by atoms with van der Waals surface area (Å²) >= 11 is 1.45. The van der Waals surface area contributed by atoms with Gasteiger partial charge in [0.2, 0.25) is 11.8 Å². The van der Waals surface area contributed by atoms with E-state index in [1.54, 1.807) is 6.92 Å². The van der Waals surface area contributed by atoms with Crippen LogP contribution < -0.4 is 0 Å². The first-order valence-corrected chi connectivity index (χ1v) is 7.11. The van der Waals surface area contributed by atoms with Gasteiger partial charge in [0.05, 0.1) is 11.8 Å². The van der Waals surface area contributed by atoms with Crippen molar-refractivity contribution >= 4 is 35.6 Å². The van der Waals surface area contributed by atoms with Gasteiger partial charge in [-0.05, 0) is 24.8 Å². The third kappa shape index (κ3) is 3.94. The van der Waals surface area contributed by atoms with Gasteiger partial charge in [-0.3, -0.25) is 19.3 Å². The molecule has 2 amide bonds. The molecule has 6 heteroatoms. The van der Waals surface area contributed by atoms with Crippen LogP contribution in [0.1, 0.15) is 32.6 Å². The number of rotatable bonds is 8. The highest BCUT2D eigenvalue weighted by molar-refractivity contribution is 8.00. The van der Waals surface area contributed by atoms with Crippen molar-refractivity contribution in [1.82, 2.24) is 4.90 Å². The van der Waals surface area contributed by atoms with Gasteiger partial charge in [0, 0.05) is 12.8 Å². The predicted molar refractivity (Wildman–Crippen MR) is 70.9 cm³/mol. The third-order valence-electron chi connectivity index (χ3n) is 2.74. The summed E-state index contributed by atoms with van der Waals surface area (Å²) in [6, 6.07) is 0. The first kappa shape index (κ1) is 14.9. The number of Topliss-reactive ketones (excluding diaryl/α,β-unsaturated/α-hetero) is 1. The number of thioether (sulfide) groups is 1. The number of carbonyl (C=O) groups excluding carboxylic acids is 3. The number of amides is 2. The van der Waals surface area contributed by atoms with E-state index in [1.165, 1.54) is 18.0 Å². The Morgan fingerprint density at radius 3 is 2.89 bits per heavy atom. The molecule has 0 saturated carbocycles. The minimum absolute atomic E-state index is 0.0777. The highest BCUT2D eigenvalue weighted by atomic mass is 32.2. The van der Waals surface area contributed by atoms with Crippen molar-refractivity contribution in [3.8, 4) is 0 Å². The Bertz CT molecular complexity index is 357. The largest absolute Gasteiger partial charge is 0.313 e. The topological polar surface area (TPSA) is 78.3 Å². The SMILES string of the molecule is CCC(=O)CN1C(=O)CC(SCCCC=N)C1=O. The molecule has 1 fully saturated rings. The molecule has 1 aliphatic rings. The van der Waals surface area contributed by atoms with Crippen molar-refractivity contribution in [2.45, 2.75) is 37.9 Å². The maximum absolute atomic E-state index is 11.9. The number of nitrogens with zero attached hydrogens (tertiary/aromatic N) is 1. The van der Waals surface area contributed by atoms with Gasteiger partial charge in [-0.15, -0.1) is 11.8 Å². The second-order valence-corrected chi connectivity index (χ2v) is 5.43. The summed E-state index contributed by atoms with van der Waals surface area (Å²) in [6.07, 6.45) is 3.41. The van der Waals surface area contributed by atoms with Crippen LogP contribution in [0.2, 0.25) is 0 Å². The van der Waals surface area contributed by atoms with E-state index in [1.807, 2.05) is 0 Å². The Kier molecular flexibility index (Phi) is 6.04. The summed E-state index contributed by atoms with van der Waals surface area (Å²) in [5.74, 6) is 0.188. The predicted octanol–water partition coefficient (Wildman–Crippen LogP) is 1.26. The Balaban J connectivity index is 2.45. The maximum Gasteiger partial charge on any atom is 0.243 e. The molecule has 1 heterocycles. The molecule has 0 spiro atoms. The van der Waals surface area contributed by atoms with Gasteiger partial charge in [-0.2, -0.15) is 0 Å². The summed E-state index contributed by atoms with van der Waals surface area (Å²) < 4.78 is 0. The van der Waals surface area contributed by atoms with Gasteiger partial charge in [0.15, 0.2) is 5.78 Å². The van der Waals surface area contributed by atoms with E-state index in [0.717, 1.165) is 17.1 Å². The van der Waals surface area contributed by atoms with Crippen LogP contribution in [0.4, 0.5) is 0 Å². The van der Waals surface area contributed by atoms with E-state index in [4.69, 9.17) is 5.41 Å². The van der Waals surface area contributed by atoms with Crippen molar-refractivity contribution < 1.29 is 14.4 Å². The van der Waals surface area contributed by atoms with Crippen LogP contribution in [0, 0.1) is 5.41 Å². The zero-order chi connectivity index (χ0) is 13.5. The Hall–Kier alpha value is -1.17. The van der Waals surface area contributed by atoms with E-state index >= 15 is 0 Å². The number of unbranched alkanes of at least 4 members (excludes halogenated alkanes) is 1. The number of carbonyl (C=O) groups is 3. The molecule has 100 valence electrons. The van der Waals surface area contributed by atoms with Gasteiger partial charge in [0.25, 0.3) is 0 Å². The molecule has 1 aliphatic heterocycles. The zero-order valence-electron chi connectivity index (χ0n) is 10.5. The van der Waals surface area contributed by atoms with Crippen LogP contribution in [0.25, 0.3) is 0 Å². The second-order valence-electron chi connectivity index (χ2n) is 4.12. The second kappa shape index (κ2) is 7.31. The van der Waals surface area contributed by atoms with Crippen molar-refractivity contribution in [2.75, 3.05) is 12.3 Å². The number of hydrogen-bond acceptors (Lipinski definition) is 5. The van der Waals surface area contributed by atoms with Gasteiger partial charge in [0.1, 0.15) is 0 Å². The standard InChI is InChI=1S/C12H18N2O3S/c1-2-9(15)8-14-11(16)7-10(12(14)17)18-6-4-3-5-13/h5,10,13H,2-4,6-8H2,1H3. The van der Waals surface area contributed by atoms with E-state index in [0.29, 0.717) is 12.8 Å². The van der Waals surface area contributed by atoms with E-state index < -0.39 is 0 Å². The van der Waals surface area contributed by atoms with Gasteiger partial charge in [-0.25, -0.2) is 0 Å². The average molecular weight is 270 g/mol. The molecule has 0 aliphatic carbocycles.